The molecule has 0 aliphatic heterocycles. The van der Waals surface area contributed by atoms with Gasteiger partial charge in [0.05, 0.1) is 7.11 Å². The second kappa shape index (κ2) is 8.59. The van der Waals surface area contributed by atoms with E-state index in [1.54, 1.807) is 24.9 Å². The van der Waals surface area contributed by atoms with Crippen molar-refractivity contribution in [3.8, 4) is 5.75 Å². The molecule has 3 aromatic carbocycles. The molecule has 3 rings (SSSR count). The van der Waals surface area contributed by atoms with Gasteiger partial charge in [0, 0.05) is 21.9 Å². The number of hydrogen-bond donors (Lipinski definition) is 1. The van der Waals surface area contributed by atoms with E-state index in [0.29, 0.717) is 5.56 Å². The third-order valence-electron chi connectivity index (χ3n) is 4.02. The van der Waals surface area contributed by atoms with Crippen molar-refractivity contribution in [3.05, 3.63) is 89.5 Å². The highest BCUT2D eigenvalue weighted by Gasteiger charge is 2.08. The number of benzene rings is 3. The standard InChI is InChI=1S/C22H21NO2S/c1-16-14-18(10-13-21(16)25-2)22(24)23-19-11-8-17(9-12-19)15-26-20-6-4-3-5-7-20/h3-14H,15H2,1-2H3,(H,23,24). The highest BCUT2D eigenvalue weighted by molar-refractivity contribution is 7.98. The summed E-state index contributed by atoms with van der Waals surface area (Å²) in [7, 11) is 1.62. The Hall–Kier alpha value is -2.72. The molecule has 0 saturated heterocycles. The van der Waals surface area contributed by atoms with Gasteiger partial charge in [0.15, 0.2) is 0 Å². The molecule has 1 N–H and O–H groups in total. The topological polar surface area (TPSA) is 38.3 Å². The zero-order valence-corrected chi connectivity index (χ0v) is 15.7. The lowest BCUT2D eigenvalue weighted by atomic mass is 10.1. The van der Waals surface area contributed by atoms with Crippen LogP contribution in [0.1, 0.15) is 21.5 Å². The molecular weight excluding hydrogens is 342 g/mol. The summed E-state index contributed by atoms with van der Waals surface area (Å²) in [6, 6.07) is 23.7. The number of carbonyl (C=O) groups excluding carboxylic acids is 1. The monoisotopic (exact) mass is 363 g/mol. The second-order valence-corrected chi connectivity index (χ2v) is 6.99. The summed E-state index contributed by atoms with van der Waals surface area (Å²) >= 11 is 1.80. The number of aryl methyl sites for hydroxylation is 1. The number of thioether (sulfide) groups is 1. The number of carbonyl (C=O) groups is 1. The Morgan fingerprint density at radius 3 is 2.38 bits per heavy atom. The number of anilines is 1. The Kier molecular flexibility index (Phi) is 5.97. The van der Waals surface area contributed by atoms with Gasteiger partial charge in [0.2, 0.25) is 0 Å². The van der Waals surface area contributed by atoms with Gasteiger partial charge in [-0.15, -0.1) is 11.8 Å². The molecule has 132 valence electrons. The van der Waals surface area contributed by atoms with Crippen LogP contribution in [0, 0.1) is 6.92 Å². The van der Waals surface area contributed by atoms with Gasteiger partial charge in [0.25, 0.3) is 5.91 Å². The molecule has 0 radical (unpaired) electrons. The average Bonchev–Trinajstić information content (AvgIpc) is 2.68. The van der Waals surface area contributed by atoms with Crippen molar-refractivity contribution in [2.24, 2.45) is 0 Å². The minimum atomic E-state index is -0.123. The Labute approximate surface area is 158 Å². The van der Waals surface area contributed by atoms with Crippen LogP contribution < -0.4 is 10.1 Å². The molecule has 0 spiro atoms. The first kappa shape index (κ1) is 18.1. The molecule has 1 amide bonds. The van der Waals surface area contributed by atoms with Crippen molar-refractivity contribution in [3.63, 3.8) is 0 Å². The first-order chi connectivity index (χ1) is 12.7. The second-order valence-electron chi connectivity index (χ2n) is 5.94. The number of ether oxygens (including phenoxy) is 1. The van der Waals surface area contributed by atoms with Gasteiger partial charge in [-0.05, 0) is 60.5 Å². The fourth-order valence-corrected chi connectivity index (χ4v) is 3.47. The summed E-state index contributed by atoms with van der Waals surface area (Å²) in [4.78, 5) is 13.7. The van der Waals surface area contributed by atoms with Crippen LogP contribution in [0.15, 0.2) is 77.7 Å². The number of hydrogen-bond acceptors (Lipinski definition) is 3. The fourth-order valence-electron chi connectivity index (χ4n) is 2.59. The molecule has 0 fully saturated rings. The van der Waals surface area contributed by atoms with E-state index in [-0.39, 0.29) is 5.91 Å². The van der Waals surface area contributed by atoms with E-state index in [4.69, 9.17) is 4.74 Å². The molecule has 0 bridgehead atoms. The van der Waals surface area contributed by atoms with E-state index in [1.807, 2.05) is 61.5 Å². The Morgan fingerprint density at radius 2 is 1.73 bits per heavy atom. The summed E-state index contributed by atoms with van der Waals surface area (Å²) in [5.74, 6) is 1.56. The Balaban J connectivity index is 1.60. The minimum Gasteiger partial charge on any atom is -0.496 e. The van der Waals surface area contributed by atoms with Crippen LogP contribution >= 0.6 is 11.8 Å². The van der Waals surface area contributed by atoms with E-state index in [0.717, 1.165) is 22.8 Å². The molecule has 0 unspecified atom stereocenters. The summed E-state index contributed by atoms with van der Waals surface area (Å²) in [6.07, 6.45) is 0. The van der Waals surface area contributed by atoms with Gasteiger partial charge in [0.1, 0.15) is 5.75 Å². The maximum atomic E-state index is 12.4. The predicted molar refractivity (Wildman–Crippen MR) is 108 cm³/mol. The number of rotatable bonds is 6. The van der Waals surface area contributed by atoms with E-state index < -0.39 is 0 Å². The quantitative estimate of drug-likeness (QED) is 0.584. The van der Waals surface area contributed by atoms with Crippen LogP contribution in [0.2, 0.25) is 0 Å². The van der Waals surface area contributed by atoms with Gasteiger partial charge in [-0.1, -0.05) is 30.3 Å². The van der Waals surface area contributed by atoms with Gasteiger partial charge in [-0.25, -0.2) is 0 Å². The van der Waals surface area contributed by atoms with Crippen molar-refractivity contribution in [1.29, 1.82) is 0 Å². The van der Waals surface area contributed by atoms with Crippen molar-refractivity contribution < 1.29 is 9.53 Å². The largest absolute Gasteiger partial charge is 0.496 e. The van der Waals surface area contributed by atoms with Crippen LogP contribution in [0.3, 0.4) is 0 Å². The number of nitrogens with one attached hydrogen (secondary N) is 1. The number of amides is 1. The van der Waals surface area contributed by atoms with Crippen LogP contribution in [0.4, 0.5) is 5.69 Å². The van der Waals surface area contributed by atoms with E-state index in [2.05, 4.69) is 17.4 Å². The Bertz CT molecular complexity index is 876. The molecule has 3 nitrogen and oxygen atoms in total. The average molecular weight is 363 g/mol. The number of methoxy groups -OCH3 is 1. The van der Waals surface area contributed by atoms with E-state index in [1.165, 1.54) is 10.5 Å². The van der Waals surface area contributed by atoms with Crippen molar-refractivity contribution >= 4 is 23.4 Å². The van der Waals surface area contributed by atoms with Gasteiger partial charge in [-0.3, -0.25) is 4.79 Å². The zero-order valence-electron chi connectivity index (χ0n) is 14.9. The molecule has 0 aliphatic rings. The highest BCUT2D eigenvalue weighted by Crippen LogP contribution is 2.23. The van der Waals surface area contributed by atoms with Gasteiger partial charge >= 0.3 is 0 Å². The van der Waals surface area contributed by atoms with E-state index >= 15 is 0 Å². The molecule has 0 aliphatic carbocycles. The normalized spacial score (nSPS) is 10.4. The lowest BCUT2D eigenvalue weighted by Gasteiger charge is -2.09. The molecule has 4 heteroatoms. The summed E-state index contributed by atoms with van der Waals surface area (Å²) in [6.45, 7) is 1.93. The van der Waals surface area contributed by atoms with E-state index in [9.17, 15) is 4.79 Å². The molecule has 0 saturated carbocycles. The molecule has 26 heavy (non-hydrogen) atoms. The molecule has 3 aromatic rings. The molecule has 0 aromatic heterocycles. The van der Waals surface area contributed by atoms with Crippen molar-refractivity contribution in [1.82, 2.24) is 0 Å². The Morgan fingerprint density at radius 1 is 1.00 bits per heavy atom. The summed E-state index contributed by atoms with van der Waals surface area (Å²) in [5, 5.41) is 2.94. The lowest BCUT2D eigenvalue weighted by Crippen LogP contribution is -2.12. The van der Waals surface area contributed by atoms with Crippen LogP contribution in [0.5, 0.6) is 5.75 Å². The van der Waals surface area contributed by atoms with Crippen LogP contribution in [-0.2, 0) is 5.75 Å². The maximum absolute atomic E-state index is 12.4. The zero-order chi connectivity index (χ0) is 18.4. The minimum absolute atomic E-state index is 0.123. The summed E-state index contributed by atoms with van der Waals surface area (Å²) < 4.78 is 5.23. The summed E-state index contributed by atoms with van der Waals surface area (Å²) in [5.41, 5.74) is 3.56. The maximum Gasteiger partial charge on any atom is 0.255 e. The molecular formula is C22H21NO2S. The smallest absolute Gasteiger partial charge is 0.255 e. The first-order valence-corrected chi connectivity index (χ1v) is 9.37. The van der Waals surface area contributed by atoms with Crippen LogP contribution in [0.25, 0.3) is 0 Å². The molecule has 0 atom stereocenters. The highest BCUT2D eigenvalue weighted by atomic mass is 32.2. The predicted octanol–water partition coefficient (Wildman–Crippen LogP) is 5.55. The van der Waals surface area contributed by atoms with Crippen molar-refractivity contribution in [2.45, 2.75) is 17.6 Å². The molecule has 0 heterocycles. The third-order valence-corrected chi connectivity index (χ3v) is 5.10. The third kappa shape index (κ3) is 4.67. The van der Waals surface area contributed by atoms with Crippen molar-refractivity contribution in [2.75, 3.05) is 12.4 Å². The fraction of sp³-hybridized carbons (Fsp3) is 0.136. The first-order valence-electron chi connectivity index (χ1n) is 8.38. The van der Waals surface area contributed by atoms with Gasteiger partial charge in [-0.2, -0.15) is 0 Å². The van der Waals surface area contributed by atoms with Crippen LogP contribution in [-0.4, -0.2) is 13.0 Å². The lowest BCUT2D eigenvalue weighted by molar-refractivity contribution is 0.102. The van der Waals surface area contributed by atoms with Gasteiger partial charge < -0.3 is 10.1 Å². The SMILES string of the molecule is COc1ccc(C(=O)Nc2ccc(CSc3ccccc3)cc2)cc1C.